The Hall–Kier alpha value is -0.750. The van der Waals surface area contributed by atoms with Crippen molar-refractivity contribution in [1.29, 1.82) is 0 Å². The molecule has 0 aromatic heterocycles. The second kappa shape index (κ2) is 10.1. The van der Waals surface area contributed by atoms with Crippen LogP contribution in [0.3, 0.4) is 0 Å². The second-order valence-electron chi connectivity index (χ2n) is 4.25. The van der Waals surface area contributed by atoms with Gasteiger partial charge in [0.25, 0.3) is 0 Å². The van der Waals surface area contributed by atoms with Crippen LogP contribution < -0.4 is 4.74 Å². The highest BCUT2D eigenvalue weighted by molar-refractivity contribution is 7.94. The van der Waals surface area contributed by atoms with E-state index < -0.39 is 0 Å². The van der Waals surface area contributed by atoms with E-state index in [-0.39, 0.29) is 0 Å². The van der Waals surface area contributed by atoms with Crippen LogP contribution in [0.2, 0.25) is 0 Å². The highest BCUT2D eigenvalue weighted by atomic mass is 32.2. The van der Waals surface area contributed by atoms with Crippen molar-refractivity contribution in [3.63, 3.8) is 0 Å². The van der Waals surface area contributed by atoms with Crippen LogP contribution in [-0.4, -0.2) is 17.6 Å². The molecule has 0 aliphatic heterocycles. The van der Waals surface area contributed by atoms with Crippen LogP contribution >= 0.6 is 12.0 Å². The average Bonchev–Trinajstić information content (AvgIpc) is 2.45. The fourth-order valence-corrected chi connectivity index (χ4v) is 2.31. The third kappa shape index (κ3) is 6.29. The average molecular weight is 286 g/mol. The first-order valence-electron chi connectivity index (χ1n) is 6.64. The van der Waals surface area contributed by atoms with Gasteiger partial charge in [-0.2, -0.15) is 0 Å². The molecule has 0 aliphatic rings. The molecule has 1 aromatic rings. The summed E-state index contributed by atoms with van der Waals surface area (Å²) in [5, 5.41) is 11.4. The van der Waals surface area contributed by atoms with E-state index in [1.807, 2.05) is 12.1 Å². The maximum absolute atomic E-state index is 7.94. The van der Waals surface area contributed by atoms with Gasteiger partial charge in [0.1, 0.15) is 5.75 Å². The summed E-state index contributed by atoms with van der Waals surface area (Å²) in [7, 11) is 0. The van der Waals surface area contributed by atoms with Crippen molar-refractivity contribution in [3.05, 3.63) is 29.8 Å². The Morgan fingerprint density at radius 3 is 2.42 bits per heavy atom. The zero-order valence-corrected chi connectivity index (χ0v) is 12.3. The number of hydrogen-bond acceptors (Lipinski definition) is 5. The summed E-state index contributed by atoms with van der Waals surface area (Å²) in [5.41, 5.74) is 1.38. The van der Waals surface area contributed by atoms with Crippen LogP contribution in [0.4, 0.5) is 0 Å². The Bertz CT molecular complexity index is 325. The number of hydrogen-bond donors (Lipinski definition) is 1. The molecule has 1 N–H and O–H groups in total. The normalized spacial score (nSPS) is 10.9. The first-order valence-corrected chi connectivity index (χ1v) is 7.55. The van der Waals surface area contributed by atoms with Crippen molar-refractivity contribution in [2.45, 2.75) is 39.0 Å². The first-order chi connectivity index (χ1) is 9.31. The minimum Gasteiger partial charge on any atom is -0.494 e. The van der Waals surface area contributed by atoms with Crippen LogP contribution in [0.15, 0.2) is 24.3 Å². The lowest BCUT2D eigenvalue weighted by Crippen LogP contribution is -2.00. The summed E-state index contributed by atoms with van der Waals surface area (Å²) in [4.78, 5) is 0. The van der Waals surface area contributed by atoms with Gasteiger partial charge in [0.05, 0.1) is 6.61 Å². The molecular weight excluding hydrogens is 264 g/mol. The number of benzene rings is 1. The first kappa shape index (κ1) is 16.3. The lowest BCUT2D eigenvalue weighted by molar-refractivity contribution is -0.432. The predicted octanol–water partition coefficient (Wildman–Crippen LogP) is 4.43. The van der Waals surface area contributed by atoms with Crippen molar-refractivity contribution in [2.24, 2.45) is 0 Å². The van der Waals surface area contributed by atoms with Crippen LogP contribution in [0.25, 0.3) is 0 Å². The molecular formula is C14H22O4S. The molecule has 0 fully saturated rings. The summed E-state index contributed by atoms with van der Waals surface area (Å²) in [6.07, 6.45) is 3.16. The van der Waals surface area contributed by atoms with Gasteiger partial charge >= 0.3 is 0 Å². The zero-order chi connectivity index (χ0) is 13.9. The van der Waals surface area contributed by atoms with Crippen molar-refractivity contribution < 1.29 is 19.4 Å². The molecule has 0 amide bonds. The Kier molecular flexibility index (Phi) is 8.66. The van der Waals surface area contributed by atoms with Gasteiger partial charge in [-0.25, -0.2) is 5.26 Å². The molecule has 19 heavy (non-hydrogen) atoms. The summed E-state index contributed by atoms with van der Waals surface area (Å²) in [6.45, 7) is 5.05. The Balaban J connectivity index is 2.28. The fraction of sp³-hybridized carbons (Fsp3) is 0.571. The Morgan fingerprint density at radius 1 is 1.16 bits per heavy atom. The molecule has 1 rings (SSSR count). The molecule has 0 saturated carbocycles. The summed E-state index contributed by atoms with van der Waals surface area (Å²) in [5.74, 6) is 2.23. The van der Waals surface area contributed by atoms with E-state index in [2.05, 4.69) is 35.4 Å². The van der Waals surface area contributed by atoms with Crippen LogP contribution in [-0.2, 0) is 9.37 Å². The molecule has 4 nitrogen and oxygen atoms in total. The summed E-state index contributed by atoms with van der Waals surface area (Å²) in [6, 6.07) is 8.33. The van der Waals surface area contributed by atoms with E-state index in [9.17, 15) is 0 Å². The number of rotatable bonds is 10. The van der Waals surface area contributed by atoms with Gasteiger partial charge in [0.15, 0.2) is 0 Å². The van der Waals surface area contributed by atoms with Gasteiger partial charge in [-0.05, 0) is 42.9 Å². The maximum Gasteiger partial charge on any atom is 0.119 e. The van der Waals surface area contributed by atoms with E-state index in [0.29, 0.717) is 18.3 Å². The lowest BCUT2D eigenvalue weighted by atomic mass is 9.94. The third-order valence-electron chi connectivity index (χ3n) is 3.06. The quantitative estimate of drug-likeness (QED) is 0.298. The van der Waals surface area contributed by atoms with Crippen molar-refractivity contribution in [2.75, 3.05) is 12.4 Å². The Morgan fingerprint density at radius 2 is 1.84 bits per heavy atom. The highest BCUT2D eigenvalue weighted by Crippen LogP contribution is 2.24. The van der Waals surface area contributed by atoms with Crippen LogP contribution in [0.5, 0.6) is 5.75 Å². The van der Waals surface area contributed by atoms with E-state index in [0.717, 1.165) is 24.2 Å². The van der Waals surface area contributed by atoms with Crippen molar-refractivity contribution in [3.8, 4) is 5.75 Å². The molecule has 1 aromatic carbocycles. The van der Waals surface area contributed by atoms with Crippen LogP contribution in [0, 0.1) is 0 Å². The molecule has 0 heterocycles. The predicted molar refractivity (Wildman–Crippen MR) is 77.1 cm³/mol. The summed E-state index contributed by atoms with van der Waals surface area (Å²) < 4.78 is 9.89. The second-order valence-corrected chi connectivity index (χ2v) is 5.03. The van der Waals surface area contributed by atoms with E-state index in [1.54, 1.807) is 0 Å². The monoisotopic (exact) mass is 286 g/mol. The molecule has 0 aliphatic carbocycles. The van der Waals surface area contributed by atoms with Gasteiger partial charge in [-0.15, -0.1) is 4.33 Å². The van der Waals surface area contributed by atoms with E-state index >= 15 is 0 Å². The standard InChI is InChI=1S/C14H22O4S/c1-3-12(4-2)13-6-8-14(9-7-13)16-10-5-11-19-18-17-15/h6-9,12,15H,3-5,10-11H2,1-2H3. The molecule has 108 valence electrons. The molecule has 0 unspecified atom stereocenters. The fourth-order valence-electron chi connectivity index (χ4n) is 1.96. The molecule has 0 spiro atoms. The van der Waals surface area contributed by atoms with Gasteiger partial charge in [-0.3, -0.25) is 0 Å². The van der Waals surface area contributed by atoms with Gasteiger partial charge in [-0.1, -0.05) is 31.0 Å². The third-order valence-corrected chi connectivity index (χ3v) is 3.67. The van der Waals surface area contributed by atoms with Gasteiger partial charge < -0.3 is 4.74 Å². The van der Waals surface area contributed by atoms with Crippen molar-refractivity contribution >= 4 is 12.0 Å². The molecule has 0 atom stereocenters. The number of ether oxygens (including phenoxy) is 1. The van der Waals surface area contributed by atoms with Gasteiger partial charge in [0.2, 0.25) is 0 Å². The van der Waals surface area contributed by atoms with Gasteiger partial charge in [0, 0.05) is 17.8 Å². The Labute approximate surface area is 119 Å². The topological polar surface area (TPSA) is 47.9 Å². The largest absolute Gasteiger partial charge is 0.494 e. The zero-order valence-electron chi connectivity index (χ0n) is 11.5. The van der Waals surface area contributed by atoms with Crippen LogP contribution in [0.1, 0.15) is 44.6 Å². The lowest BCUT2D eigenvalue weighted by Gasteiger charge is -2.13. The minimum absolute atomic E-state index is 0.617. The maximum atomic E-state index is 7.94. The molecule has 0 saturated heterocycles. The molecule has 0 bridgehead atoms. The summed E-state index contributed by atoms with van der Waals surface area (Å²) >= 11 is 1.05. The molecule has 5 heteroatoms. The van der Waals surface area contributed by atoms with Crippen molar-refractivity contribution in [1.82, 2.24) is 0 Å². The van der Waals surface area contributed by atoms with E-state index in [1.165, 1.54) is 18.4 Å². The highest BCUT2D eigenvalue weighted by Gasteiger charge is 2.06. The molecule has 0 radical (unpaired) electrons. The van der Waals surface area contributed by atoms with E-state index in [4.69, 9.17) is 9.99 Å². The minimum atomic E-state index is 0.617. The SMILES string of the molecule is CCC(CC)c1ccc(OCCCSOOO)cc1. The smallest absolute Gasteiger partial charge is 0.119 e.